The molecule has 0 fully saturated rings. The second kappa shape index (κ2) is 7.54. The van der Waals surface area contributed by atoms with E-state index in [0.29, 0.717) is 0 Å². The molecule has 0 aliphatic heterocycles. The summed E-state index contributed by atoms with van der Waals surface area (Å²) in [5.74, 6) is 1.67. The summed E-state index contributed by atoms with van der Waals surface area (Å²) in [5.41, 5.74) is 4.60. The number of para-hydroxylation sites is 1. The Balaban J connectivity index is 1.72. The standard InChI is InChI=1S/C21H18N4S/c1-16-6-5-7-17(14-16)15-26-21-24-23-20(18-10-12-22-13-11-18)25(21)19-8-3-2-4-9-19/h2-14H,15H2,1H3. The summed E-state index contributed by atoms with van der Waals surface area (Å²) in [7, 11) is 0. The summed E-state index contributed by atoms with van der Waals surface area (Å²) >= 11 is 1.69. The molecule has 0 saturated heterocycles. The van der Waals surface area contributed by atoms with Crippen LogP contribution in [-0.4, -0.2) is 19.7 Å². The summed E-state index contributed by atoms with van der Waals surface area (Å²) in [6.07, 6.45) is 3.55. The fraction of sp³-hybridized carbons (Fsp3) is 0.0952. The van der Waals surface area contributed by atoms with Crippen molar-refractivity contribution in [1.29, 1.82) is 0 Å². The van der Waals surface area contributed by atoms with Gasteiger partial charge < -0.3 is 0 Å². The Morgan fingerprint density at radius 3 is 2.46 bits per heavy atom. The van der Waals surface area contributed by atoms with Crippen molar-refractivity contribution in [2.45, 2.75) is 17.8 Å². The SMILES string of the molecule is Cc1cccc(CSc2nnc(-c3ccncc3)n2-c2ccccc2)c1. The minimum Gasteiger partial charge on any atom is -0.270 e. The topological polar surface area (TPSA) is 43.6 Å². The van der Waals surface area contributed by atoms with Crippen molar-refractivity contribution in [1.82, 2.24) is 19.7 Å². The lowest BCUT2D eigenvalue weighted by Crippen LogP contribution is -1.99. The molecule has 0 bridgehead atoms. The highest BCUT2D eigenvalue weighted by atomic mass is 32.2. The molecule has 0 N–H and O–H groups in total. The van der Waals surface area contributed by atoms with Crippen LogP contribution in [0, 0.1) is 6.92 Å². The van der Waals surface area contributed by atoms with Crippen molar-refractivity contribution < 1.29 is 0 Å². The normalized spacial score (nSPS) is 10.8. The lowest BCUT2D eigenvalue weighted by atomic mass is 10.2. The van der Waals surface area contributed by atoms with Crippen LogP contribution in [0.5, 0.6) is 0 Å². The van der Waals surface area contributed by atoms with E-state index in [9.17, 15) is 0 Å². The highest BCUT2D eigenvalue weighted by molar-refractivity contribution is 7.98. The summed E-state index contributed by atoms with van der Waals surface area (Å²) in [6, 6.07) is 22.7. The molecule has 2 heterocycles. The average molecular weight is 358 g/mol. The Hall–Kier alpha value is -2.92. The van der Waals surface area contributed by atoms with E-state index in [4.69, 9.17) is 0 Å². The van der Waals surface area contributed by atoms with Crippen LogP contribution in [0.3, 0.4) is 0 Å². The summed E-state index contributed by atoms with van der Waals surface area (Å²) in [6.45, 7) is 2.11. The number of pyridine rings is 1. The Kier molecular flexibility index (Phi) is 4.80. The maximum Gasteiger partial charge on any atom is 0.196 e. The Morgan fingerprint density at radius 2 is 1.69 bits per heavy atom. The predicted molar refractivity (Wildman–Crippen MR) is 105 cm³/mol. The van der Waals surface area contributed by atoms with Gasteiger partial charge in [-0.25, -0.2) is 0 Å². The highest BCUT2D eigenvalue weighted by Crippen LogP contribution is 2.29. The summed E-state index contributed by atoms with van der Waals surface area (Å²) in [5, 5.41) is 9.80. The lowest BCUT2D eigenvalue weighted by molar-refractivity contribution is 0.886. The first-order chi connectivity index (χ1) is 12.8. The van der Waals surface area contributed by atoms with Gasteiger partial charge in [0.1, 0.15) is 0 Å². The Labute approximate surface area is 157 Å². The Bertz CT molecular complexity index is 997. The number of hydrogen-bond donors (Lipinski definition) is 0. The zero-order valence-electron chi connectivity index (χ0n) is 14.4. The maximum absolute atomic E-state index is 4.46. The fourth-order valence-corrected chi connectivity index (χ4v) is 3.71. The molecule has 0 aliphatic rings. The van der Waals surface area contributed by atoms with E-state index >= 15 is 0 Å². The molecule has 4 rings (SSSR count). The molecule has 2 aromatic carbocycles. The van der Waals surface area contributed by atoms with Gasteiger partial charge in [0, 0.05) is 29.4 Å². The van der Waals surface area contributed by atoms with E-state index in [1.54, 1.807) is 24.2 Å². The van der Waals surface area contributed by atoms with E-state index < -0.39 is 0 Å². The second-order valence-corrected chi connectivity index (χ2v) is 6.93. The van der Waals surface area contributed by atoms with E-state index in [-0.39, 0.29) is 0 Å². The lowest BCUT2D eigenvalue weighted by Gasteiger charge is -2.10. The molecule has 0 aliphatic carbocycles. The molecule has 0 atom stereocenters. The predicted octanol–water partition coefficient (Wildman–Crippen LogP) is 4.93. The van der Waals surface area contributed by atoms with Gasteiger partial charge in [0.25, 0.3) is 0 Å². The number of benzene rings is 2. The van der Waals surface area contributed by atoms with Crippen molar-refractivity contribution in [2.24, 2.45) is 0 Å². The van der Waals surface area contributed by atoms with Gasteiger partial charge >= 0.3 is 0 Å². The van der Waals surface area contributed by atoms with Crippen LogP contribution in [-0.2, 0) is 5.75 Å². The highest BCUT2D eigenvalue weighted by Gasteiger charge is 2.16. The molecule has 2 aromatic heterocycles. The number of thioether (sulfide) groups is 1. The van der Waals surface area contributed by atoms with Gasteiger partial charge in [-0.2, -0.15) is 0 Å². The molecule has 0 radical (unpaired) electrons. The van der Waals surface area contributed by atoms with Gasteiger partial charge in [0.05, 0.1) is 0 Å². The van der Waals surface area contributed by atoms with Crippen LogP contribution < -0.4 is 0 Å². The average Bonchev–Trinajstić information content (AvgIpc) is 3.12. The van der Waals surface area contributed by atoms with Crippen LogP contribution in [0.4, 0.5) is 0 Å². The van der Waals surface area contributed by atoms with Gasteiger partial charge in [-0.3, -0.25) is 9.55 Å². The second-order valence-electron chi connectivity index (χ2n) is 5.99. The van der Waals surface area contributed by atoms with Gasteiger partial charge in [-0.05, 0) is 36.8 Å². The van der Waals surface area contributed by atoms with Gasteiger partial charge in [0.2, 0.25) is 0 Å². The van der Waals surface area contributed by atoms with Gasteiger partial charge in [-0.1, -0.05) is 59.8 Å². The molecular formula is C21H18N4S. The molecule has 0 unspecified atom stereocenters. The fourth-order valence-electron chi connectivity index (χ4n) is 2.81. The van der Waals surface area contributed by atoms with E-state index in [1.165, 1.54) is 11.1 Å². The third-order valence-corrected chi connectivity index (χ3v) is 5.04. The van der Waals surface area contributed by atoms with Crippen LogP contribution >= 0.6 is 11.8 Å². The molecule has 4 nitrogen and oxygen atoms in total. The third kappa shape index (κ3) is 3.53. The Morgan fingerprint density at radius 1 is 0.885 bits per heavy atom. The van der Waals surface area contributed by atoms with Crippen molar-refractivity contribution in [3.63, 3.8) is 0 Å². The first-order valence-corrected chi connectivity index (χ1v) is 9.39. The zero-order valence-corrected chi connectivity index (χ0v) is 15.2. The largest absolute Gasteiger partial charge is 0.270 e. The monoisotopic (exact) mass is 358 g/mol. The smallest absolute Gasteiger partial charge is 0.196 e. The van der Waals surface area contributed by atoms with Gasteiger partial charge in [-0.15, -0.1) is 10.2 Å². The number of hydrogen-bond acceptors (Lipinski definition) is 4. The molecule has 26 heavy (non-hydrogen) atoms. The van der Waals surface area contributed by atoms with Crippen molar-refractivity contribution in [2.75, 3.05) is 0 Å². The molecule has 4 aromatic rings. The zero-order chi connectivity index (χ0) is 17.8. The summed E-state index contributed by atoms with van der Waals surface area (Å²) < 4.78 is 2.11. The summed E-state index contributed by atoms with van der Waals surface area (Å²) in [4.78, 5) is 4.10. The van der Waals surface area contributed by atoms with Crippen LogP contribution in [0.1, 0.15) is 11.1 Å². The maximum atomic E-state index is 4.46. The van der Waals surface area contributed by atoms with Crippen LogP contribution in [0.15, 0.2) is 84.3 Å². The number of rotatable bonds is 5. The molecule has 5 heteroatoms. The number of aryl methyl sites for hydroxylation is 1. The van der Waals surface area contributed by atoms with E-state index in [1.807, 2.05) is 30.3 Å². The van der Waals surface area contributed by atoms with Crippen molar-refractivity contribution in [3.8, 4) is 17.1 Å². The molecule has 128 valence electrons. The molecular weight excluding hydrogens is 340 g/mol. The molecule has 0 saturated carbocycles. The first kappa shape index (κ1) is 16.5. The first-order valence-electron chi connectivity index (χ1n) is 8.41. The van der Waals surface area contributed by atoms with Crippen molar-refractivity contribution in [3.05, 3.63) is 90.3 Å². The molecule has 0 amide bonds. The van der Waals surface area contributed by atoms with Crippen LogP contribution in [0.25, 0.3) is 17.1 Å². The minimum absolute atomic E-state index is 0.824. The van der Waals surface area contributed by atoms with Crippen molar-refractivity contribution >= 4 is 11.8 Å². The minimum atomic E-state index is 0.824. The number of aromatic nitrogens is 4. The molecule has 0 spiro atoms. The third-order valence-electron chi connectivity index (χ3n) is 4.04. The quantitative estimate of drug-likeness (QED) is 0.475. The van der Waals surface area contributed by atoms with E-state index in [2.05, 4.69) is 63.1 Å². The van der Waals surface area contributed by atoms with Gasteiger partial charge in [0.15, 0.2) is 11.0 Å². The van der Waals surface area contributed by atoms with Crippen LogP contribution in [0.2, 0.25) is 0 Å². The number of nitrogens with zero attached hydrogens (tertiary/aromatic N) is 4. The van der Waals surface area contributed by atoms with E-state index in [0.717, 1.165) is 28.0 Å².